The normalized spacial score (nSPS) is 14.5. The van der Waals surface area contributed by atoms with Crippen LogP contribution in [0.1, 0.15) is 29.5 Å². The highest BCUT2D eigenvalue weighted by Gasteiger charge is 2.28. The minimum Gasteiger partial charge on any atom is -0.341 e. The molecule has 2 aromatic carbocycles. The zero-order valence-electron chi connectivity index (χ0n) is 19.0. The van der Waals surface area contributed by atoms with Crippen molar-refractivity contribution in [3.8, 4) is 0 Å². The van der Waals surface area contributed by atoms with E-state index in [0.717, 1.165) is 11.1 Å². The molecule has 0 radical (unpaired) electrons. The van der Waals surface area contributed by atoms with Crippen molar-refractivity contribution in [2.45, 2.75) is 25.9 Å². The van der Waals surface area contributed by atoms with E-state index in [1.165, 1.54) is 5.56 Å². The Kier molecular flexibility index (Phi) is 7.35. The molecular weight excluding hydrogens is 412 g/mol. The summed E-state index contributed by atoms with van der Waals surface area (Å²) in [5, 5.41) is 4.43. The van der Waals surface area contributed by atoms with Gasteiger partial charge in [-0.25, -0.2) is 0 Å². The highest BCUT2D eigenvalue weighted by molar-refractivity contribution is 5.92. The van der Waals surface area contributed by atoms with Gasteiger partial charge in [0.25, 0.3) is 0 Å². The molecule has 2 heterocycles. The van der Waals surface area contributed by atoms with Crippen LogP contribution in [-0.2, 0) is 22.7 Å². The summed E-state index contributed by atoms with van der Waals surface area (Å²) in [6.45, 7) is 2.46. The zero-order chi connectivity index (χ0) is 23.0. The fraction of sp³-hybridized carbons (Fsp3) is 0.296. The number of carbonyl (C=O) groups excluding carboxylic acids is 2. The Bertz CT molecular complexity index is 1080. The van der Waals surface area contributed by atoms with Gasteiger partial charge < -0.3 is 9.80 Å². The van der Waals surface area contributed by atoms with Crippen LogP contribution in [0.2, 0.25) is 0 Å². The second-order valence-electron chi connectivity index (χ2n) is 8.57. The van der Waals surface area contributed by atoms with Gasteiger partial charge in [-0.05, 0) is 30.0 Å². The van der Waals surface area contributed by atoms with E-state index >= 15 is 0 Å². The minimum atomic E-state index is -0.0449. The van der Waals surface area contributed by atoms with E-state index in [-0.39, 0.29) is 17.7 Å². The molecule has 0 saturated carbocycles. The van der Waals surface area contributed by atoms with Gasteiger partial charge in [-0.15, -0.1) is 0 Å². The van der Waals surface area contributed by atoms with Crippen LogP contribution >= 0.6 is 0 Å². The average molecular weight is 443 g/mol. The molecule has 1 fully saturated rings. The Morgan fingerprint density at radius 2 is 1.67 bits per heavy atom. The van der Waals surface area contributed by atoms with Gasteiger partial charge in [-0.1, -0.05) is 60.7 Å². The molecule has 0 unspecified atom stereocenters. The maximum Gasteiger partial charge on any atom is 0.246 e. The molecule has 0 atom stereocenters. The number of benzene rings is 2. The Morgan fingerprint density at radius 1 is 1.00 bits per heavy atom. The third-order valence-corrected chi connectivity index (χ3v) is 6.04. The van der Waals surface area contributed by atoms with Crippen LogP contribution in [0.4, 0.5) is 0 Å². The summed E-state index contributed by atoms with van der Waals surface area (Å²) >= 11 is 0. The zero-order valence-corrected chi connectivity index (χ0v) is 19.0. The van der Waals surface area contributed by atoms with Crippen LogP contribution in [0.3, 0.4) is 0 Å². The smallest absolute Gasteiger partial charge is 0.246 e. The van der Waals surface area contributed by atoms with Gasteiger partial charge in [-0.2, -0.15) is 5.10 Å². The molecule has 0 spiro atoms. The largest absolute Gasteiger partial charge is 0.341 e. The van der Waals surface area contributed by atoms with Gasteiger partial charge in [0, 0.05) is 50.4 Å². The van der Waals surface area contributed by atoms with Gasteiger partial charge in [0.1, 0.15) is 0 Å². The predicted molar refractivity (Wildman–Crippen MR) is 129 cm³/mol. The molecule has 6 nitrogen and oxygen atoms in total. The third-order valence-electron chi connectivity index (χ3n) is 6.04. The molecule has 1 aliphatic heterocycles. The predicted octanol–water partition coefficient (Wildman–Crippen LogP) is 3.84. The van der Waals surface area contributed by atoms with Crippen molar-refractivity contribution in [2.24, 2.45) is 5.92 Å². The quantitative estimate of drug-likeness (QED) is 0.523. The lowest BCUT2D eigenvalue weighted by molar-refractivity contribution is -0.138. The molecule has 0 bridgehead atoms. The van der Waals surface area contributed by atoms with Crippen molar-refractivity contribution >= 4 is 17.9 Å². The van der Waals surface area contributed by atoms with Crippen LogP contribution in [0, 0.1) is 5.92 Å². The summed E-state index contributed by atoms with van der Waals surface area (Å²) in [7, 11) is 1.84. The minimum absolute atomic E-state index is 0.00365. The molecule has 1 aromatic heterocycles. The van der Waals surface area contributed by atoms with Crippen LogP contribution in [0.25, 0.3) is 6.08 Å². The highest BCUT2D eigenvalue weighted by atomic mass is 16.2. The van der Waals surface area contributed by atoms with Crippen LogP contribution in [-0.4, -0.2) is 51.5 Å². The van der Waals surface area contributed by atoms with Crippen LogP contribution < -0.4 is 0 Å². The summed E-state index contributed by atoms with van der Waals surface area (Å²) in [6, 6.07) is 20.0. The molecule has 3 aromatic rings. The molecule has 2 amide bonds. The average Bonchev–Trinajstić information content (AvgIpc) is 3.30. The molecule has 33 heavy (non-hydrogen) atoms. The van der Waals surface area contributed by atoms with E-state index in [4.69, 9.17) is 0 Å². The number of likely N-dealkylation sites (tertiary alicyclic amines) is 1. The lowest BCUT2D eigenvalue weighted by Crippen LogP contribution is -2.42. The van der Waals surface area contributed by atoms with Crippen LogP contribution in [0.5, 0.6) is 0 Å². The third kappa shape index (κ3) is 6.19. The summed E-state index contributed by atoms with van der Waals surface area (Å²) < 4.78 is 1.90. The first-order chi connectivity index (χ1) is 16.1. The summed E-state index contributed by atoms with van der Waals surface area (Å²) in [6.07, 6.45) is 8.68. The Morgan fingerprint density at radius 3 is 2.36 bits per heavy atom. The van der Waals surface area contributed by atoms with Crippen molar-refractivity contribution in [1.82, 2.24) is 19.6 Å². The standard InChI is InChI=1S/C27H30N4O2/c1-29(19-24-18-28-31(21-24)20-23-10-6-3-7-11-23)27(33)25-14-16-30(17-15-25)26(32)13-12-22-8-4-2-5-9-22/h2-13,18,21,25H,14-17,19-20H2,1H3/b13-12+. The number of aromatic nitrogens is 2. The van der Waals surface area contributed by atoms with Crippen molar-refractivity contribution < 1.29 is 9.59 Å². The van der Waals surface area contributed by atoms with E-state index in [2.05, 4.69) is 17.2 Å². The maximum atomic E-state index is 13.0. The van der Waals surface area contributed by atoms with Gasteiger partial charge in [0.15, 0.2) is 0 Å². The highest BCUT2D eigenvalue weighted by Crippen LogP contribution is 2.21. The number of rotatable bonds is 7. The van der Waals surface area contributed by atoms with Crippen molar-refractivity contribution in [1.29, 1.82) is 0 Å². The Labute approximate surface area is 195 Å². The monoisotopic (exact) mass is 442 g/mol. The number of hydrogen-bond acceptors (Lipinski definition) is 3. The number of amides is 2. The second-order valence-corrected chi connectivity index (χ2v) is 8.57. The van der Waals surface area contributed by atoms with E-state index in [1.54, 1.807) is 11.0 Å². The topological polar surface area (TPSA) is 58.4 Å². The van der Waals surface area contributed by atoms with E-state index in [9.17, 15) is 9.59 Å². The van der Waals surface area contributed by atoms with Gasteiger partial charge in [0.2, 0.25) is 11.8 Å². The number of hydrogen-bond donors (Lipinski definition) is 0. The van der Waals surface area contributed by atoms with Gasteiger partial charge in [-0.3, -0.25) is 14.3 Å². The Balaban J connectivity index is 1.24. The molecule has 0 aliphatic carbocycles. The van der Waals surface area contributed by atoms with Crippen LogP contribution in [0.15, 0.2) is 79.1 Å². The summed E-state index contributed by atoms with van der Waals surface area (Å²) in [5.74, 6) is 0.0955. The number of carbonyl (C=O) groups is 2. The van der Waals surface area contributed by atoms with Crippen molar-refractivity contribution in [3.63, 3.8) is 0 Å². The molecule has 170 valence electrons. The van der Waals surface area contributed by atoms with Gasteiger partial charge >= 0.3 is 0 Å². The molecule has 1 aliphatic rings. The molecule has 6 heteroatoms. The lowest BCUT2D eigenvalue weighted by atomic mass is 9.95. The SMILES string of the molecule is CN(Cc1cnn(Cc2ccccc2)c1)C(=O)C1CCN(C(=O)/C=C/c2ccccc2)CC1. The molecular formula is C27H30N4O2. The molecule has 4 rings (SSSR count). The van der Waals surface area contributed by atoms with E-state index in [0.29, 0.717) is 39.0 Å². The number of nitrogens with zero attached hydrogens (tertiary/aromatic N) is 4. The summed E-state index contributed by atoms with van der Waals surface area (Å²) in [5.41, 5.74) is 3.21. The second kappa shape index (κ2) is 10.8. The van der Waals surface area contributed by atoms with E-state index < -0.39 is 0 Å². The fourth-order valence-corrected chi connectivity index (χ4v) is 4.19. The van der Waals surface area contributed by atoms with Crippen molar-refractivity contribution in [3.05, 3.63) is 95.8 Å². The van der Waals surface area contributed by atoms with Gasteiger partial charge in [0.05, 0.1) is 12.7 Å². The number of piperidine rings is 1. The van der Waals surface area contributed by atoms with E-state index in [1.807, 2.05) is 83.6 Å². The first kappa shape index (κ1) is 22.5. The molecule has 0 N–H and O–H groups in total. The maximum absolute atomic E-state index is 13.0. The van der Waals surface area contributed by atoms with Crippen molar-refractivity contribution in [2.75, 3.05) is 20.1 Å². The lowest BCUT2D eigenvalue weighted by Gasteiger charge is -2.32. The first-order valence-corrected chi connectivity index (χ1v) is 11.4. The molecule has 1 saturated heterocycles. The summed E-state index contributed by atoms with van der Waals surface area (Å²) in [4.78, 5) is 29.1. The first-order valence-electron chi connectivity index (χ1n) is 11.4. The fourth-order valence-electron chi connectivity index (χ4n) is 4.19. The Hall–Kier alpha value is -3.67.